The number of sulfonamides is 1. The standard InChI is InChI=1S/C23H32N2O5S/c1-5-29-22-10-7-6-9-21(22)25(31(4,27)28)16-8-11-23(26)24-17-19-12-14-20(15-13-19)30-18(2)3/h6-7,9-10,12-15,18H,5,8,11,16-17H2,1-4H3,(H,24,26). The fourth-order valence-electron chi connectivity index (χ4n) is 3.04. The van der Waals surface area contributed by atoms with Crippen LogP contribution in [-0.2, 0) is 21.4 Å². The third-order valence-corrected chi connectivity index (χ3v) is 5.56. The molecule has 0 saturated heterocycles. The Hall–Kier alpha value is -2.74. The molecule has 8 heteroatoms. The molecule has 0 spiro atoms. The van der Waals surface area contributed by atoms with Gasteiger partial charge in [-0.3, -0.25) is 9.10 Å². The van der Waals surface area contributed by atoms with Gasteiger partial charge in [0.2, 0.25) is 15.9 Å². The first-order chi connectivity index (χ1) is 14.7. The number of ether oxygens (including phenoxy) is 2. The second-order valence-corrected chi connectivity index (χ2v) is 9.33. The summed E-state index contributed by atoms with van der Waals surface area (Å²) < 4.78 is 37.1. The van der Waals surface area contributed by atoms with Gasteiger partial charge in [0.05, 0.1) is 24.7 Å². The molecule has 7 nitrogen and oxygen atoms in total. The SMILES string of the molecule is CCOc1ccccc1N(CCCC(=O)NCc1ccc(OC(C)C)cc1)S(C)(=O)=O. The molecule has 0 fully saturated rings. The minimum absolute atomic E-state index is 0.109. The maximum Gasteiger partial charge on any atom is 0.232 e. The van der Waals surface area contributed by atoms with Gasteiger partial charge in [0, 0.05) is 19.5 Å². The van der Waals surface area contributed by atoms with E-state index < -0.39 is 10.0 Å². The highest BCUT2D eigenvalue weighted by Crippen LogP contribution is 2.30. The van der Waals surface area contributed by atoms with Crippen LogP contribution >= 0.6 is 0 Å². The number of hydrogen-bond acceptors (Lipinski definition) is 5. The van der Waals surface area contributed by atoms with Crippen LogP contribution in [0.2, 0.25) is 0 Å². The highest BCUT2D eigenvalue weighted by Gasteiger charge is 2.21. The Morgan fingerprint density at radius 3 is 2.39 bits per heavy atom. The molecule has 0 radical (unpaired) electrons. The van der Waals surface area contributed by atoms with Crippen molar-refractivity contribution in [3.05, 3.63) is 54.1 Å². The van der Waals surface area contributed by atoms with Crippen molar-refractivity contribution in [1.82, 2.24) is 5.32 Å². The summed E-state index contributed by atoms with van der Waals surface area (Å²) in [6, 6.07) is 14.6. The number of carbonyl (C=O) groups is 1. The molecule has 1 amide bonds. The third kappa shape index (κ3) is 8.13. The molecule has 2 aromatic rings. The van der Waals surface area contributed by atoms with Crippen LogP contribution in [-0.4, -0.2) is 39.8 Å². The minimum atomic E-state index is -3.52. The van der Waals surface area contributed by atoms with Gasteiger partial charge in [-0.2, -0.15) is 0 Å². The lowest BCUT2D eigenvalue weighted by Crippen LogP contribution is -2.32. The van der Waals surface area contributed by atoms with E-state index in [0.29, 0.717) is 31.0 Å². The lowest BCUT2D eigenvalue weighted by atomic mass is 10.2. The molecule has 0 saturated carbocycles. The van der Waals surface area contributed by atoms with Gasteiger partial charge < -0.3 is 14.8 Å². The molecule has 170 valence electrons. The summed E-state index contributed by atoms with van der Waals surface area (Å²) in [4.78, 5) is 12.2. The third-order valence-electron chi connectivity index (χ3n) is 4.38. The van der Waals surface area contributed by atoms with E-state index in [-0.39, 0.29) is 25.0 Å². The van der Waals surface area contributed by atoms with E-state index in [1.54, 1.807) is 24.3 Å². The quantitative estimate of drug-likeness (QED) is 0.535. The van der Waals surface area contributed by atoms with Crippen molar-refractivity contribution in [2.24, 2.45) is 0 Å². The van der Waals surface area contributed by atoms with Crippen LogP contribution in [0, 0.1) is 0 Å². The van der Waals surface area contributed by atoms with E-state index in [1.807, 2.05) is 45.0 Å². The molecular weight excluding hydrogens is 416 g/mol. The van der Waals surface area contributed by atoms with Crippen LogP contribution in [0.1, 0.15) is 39.2 Å². The highest BCUT2D eigenvalue weighted by molar-refractivity contribution is 7.92. The summed E-state index contributed by atoms with van der Waals surface area (Å²) in [7, 11) is -3.52. The predicted octanol–water partition coefficient (Wildman–Crippen LogP) is 3.74. The van der Waals surface area contributed by atoms with Crippen LogP contribution < -0.4 is 19.1 Å². The van der Waals surface area contributed by atoms with E-state index in [2.05, 4.69) is 5.32 Å². The van der Waals surface area contributed by atoms with Crippen molar-refractivity contribution < 1.29 is 22.7 Å². The maximum atomic E-state index is 12.3. The molecule has 1 N–H and O–H groups in total. The number of nitrogens with one attached hydrogen (secondary N) is 1. The molecule has 2 rings (SSSR count). The molecule has 0 aromatic heterocycles. The van der Waals surface area contributed by atoms with Gasteiger partial charge in [0.1, 0.15) is 11.5 Å². The Kier molecular flexibility index (Phi) is 9.18. The van der Waals surface area contributed by atoms with E-state index in [1.165, 1.54) is 4.31 Å². The Bertz CT molecular complexity index is 943. The second kappa shape index (κ2) is 11.6. The van der Waals surface area contributed by atoms with Crippen LogP contribution in [0.25, 0.3) is 0 Å². The van der Waals surface area contributed by atoms with Crippen LogP contribution in [0.5, 0.6) is 11.5 Å². The number of nitrogens with zero attached hydrogens (tertiary/aromatic N) is 1. The molecule has 0 aliphatic heterocycles. The van der Waals surface area contributed by atoms with Crippen molar-refractivity contribution in [2.45, 2.75) is 46.3 Å². The average molecular weight is 449 g/mol. The Balaban J connectivity index is 1.89. The first-order valence-corrected chi connectivity index (χ1v) is 12.3. The second-order valence-electron chi connectivity index (χ2n) is 7.43. The highest BCUT2D eigenvalue weighted by atomic mass is 32.2. The summed E-state index contributed by atoms with van der Waals surface area (Å²) in [6.45, 7) is 6.81. The summed E-state index contributed by atoms with van der Waals surface area (Å²) >= 11 is 0. The van der Waals surface area contributed by atoms with E-state index >= 15 is 0 Å². The topological polar surface area (TPSA) is 84.9 Å². The molecular formula is C23H32N2O5S. The van der Waals surface area contributed by atoms with Gasteiger partial charge in [0.25, 0.3) is 0 Å². The normalized spacial score (nSPS) is 11.3. The fraction of sp³-hybridized carbons (Fsp3) is 0.435. The number of carbonyl (C=O) groups excluding carboxylic acids is 1. The Morgan fingerprint density at radius 1 is 1.10 bits per heavy atom. The Morgan fingerprint density at radius 2 is 1.77 bits per heavy atom. The summed E-state index contributed by atoms with van der Waals surface area (Å²) in [6.07, 6.45) is 1.87. The van der Waals surface area contributed by atoms with Gasteiger partial charge in [-0.1, -0.05) is 24.3 Å². The van der Waals surface area contributed by atoms with Gasteiger partial charge in [0.15, 0.2) is 0 Å². The van der Waals surface area contributed by atoms with Crippen molar-refractivity contribution in [2.75, 3.05) is 23.7 Å². The average Bonchev–Trinajstić information content (AvgIpc) is 2.70. The summed E-state index contributed by atoms with van der Waals surface area (Å²) in [5, 5.41) is 2.87. The zero-order valence-corrected chi connectivity index (χ0v) is 19.4. The lowest BCUT2D eigenvalue weighted by Gasteiger charge is -2.24. The largest absolute Gasteiger partial charge is 0.492 e. The first-order valence-electron chi connectivity index (χ1n) is 10.4. The smallest absolute Gasteiger partial charge is 0.232 e. The molecule has 0 aliphatic carbocycles. The van der Waals surface area contributed by atoms with Gasteiger partial charge in [-0.25, -0.2) is 8.42 Å². The first kappa shape index (κ1) is 24.5. The maximum absolute atomic E-state index is 12.3. The lowest BCUT2D eigenvalue weighted by molar-refractivity contribution is -0.121. The van der Waals surface area contributed by atoms with Crippen molar-refractivity contribution in [1.29, 1.82) is 0 Å². The van der Waals surface area contributed by atoms with E-state index in [4.69, 9.17) is 9.47 Å². The van der Waals surface area contributed by atoms with E-state index in [0.717, 1.165) is 17.6 Å². The van der Waals surface area contributed by atoms with E-state index in [9.17, 15) is 13.2 Å². The molecule has 0 heterocycles. The van der Waals surface area contributed by atoms with Crippen LogP contribution in [0.4, 0.5) is 5.69 Å². The fourth-order valence-corrected chi connectivity index (χ4v) is 4.00. The number of benzene rings is 2. The summed E-state index contributed by atoms with van der Waals surface area (Å²) in [5.74, 6) is 1.16. The molecule has 0 aliphatic rings. The molecule has 0 bridgehead atoms. The van der Waals surface area contributed by atoms with Crippen LogP contribution in [0.3, 0.4) is 0 Å². The molecule has 0 unspecified atom stereocenters. The van der Waals surface area contributed by atoms with Crippen molar-refractivity contribution >= 4 is 21.6 Å². The predicted molar refractivity (Wildman–Crippen MR) is 123 cm³/mol. The zero-order valence-electron chi connectivity index (χ0n) is 18.6. The number of anilines is 1. The number of amides is 1. The Labute approximate surface area is 185 Å². The van der Waals surface area contributed by atoms with Crippen LogP contribution in [0.15, 0.2) is 48.5 Å². The zero-order chi connectivity index (χ0) is 22.9. The number of hydrogen-bond donors (Lipinski definition) is 1. The van der Waals surface area contributed by atoms with Crippen molar-refractivity contribution in [3.63, 3.8) is 0 Å². The molecule has 31 heavy (non-hydrogen) atoms. The molecule has 2 aromatic carbocycles. The number of para-hydroxylation sites is 2. The van der Waals surface area contributed by atoms with Gasteiger partial charge >= 0.3 is 0 Å². The number of rotatable bonds is 12. The van der Waals surface area contributed by atoms with Crippen molar-refractivity contribution in [3.8, 4) is 11.5 Å². The van der Waals surface area contributed by atoms with Gasteiger partial charge in [-0.15, -0.1) is 0 Å². The molecule has 0 atom stereocenters. The summed E-state index contributed by atoms with van der Waals surface area (Å²) in [5.41, 5.74) is 1.45. The van der Waals surface area contributed by atoms with Gasteiger partial charge in [-0.05, 0) is 57.0 Å². The minimum Gasteiger partial charge on any atom is -0.492 e. The monoisotopic (exact) mass is 448 g/mol.